The molecule has 1 saturated heterocycles. The first kappa shape index (κ1) is 20.7. The molecule has 1 aliphatic heterocycles. The van der Waals surface area contributed by atoms with Gasteiger partial charge >= 0.3 is 0 Å². The summed E-state index contributed by atoms with van der Waals surface area (Å²) in [5.41, 5.74) is 1.90. The van der Waals surface area contributed by atoms with E-state index < -0.39 is 14.8 Å². The van der Waals surface area contributed by atoms with Crippen molar-refractivity contribution in [2.45, 2.75) is 24.3 Å². The predicted octanol–water partition coefficient (Wildman–Crippen LogP) is 4.26. The molecule has 1 heterocycles. The molecule has 2 aromatic rings. The molecule has 6 heteroatoms. The predicted molar refractivity (Wildman–Crippen MR) is 109 cm³/mol. The second-order valence-corrected chi connectivity index (χ2v) is 9.49. The maximum atomic E-state index is 15.2. The lowest BCUT2D eigenvalue weighted by Gasteiger charge is -2.35. The van der Waals surface area contributed by atoms with Crippen molar-refractivity contribution in [1.82, 2.24) is 4.90 Å². The number of likely N-dealkylation sites (tertiary alicyclic amines) is 1. The van der Waals surface area contributed by atoms with Crippen molar-refractivity contribution in [3.8, 4) is 0 Å². The maximum absolute atomic E-state index is 15.2. The monoisotopic (exact) mass is 405 g/mol. The smallest absolute Gasteiger partial charge is 0.213 e. The Morgan fingerprint density at radius 1 is 1.00 bits per heavy atom. The maximum Gasteiger partial charge on any atom is 0.213 e. The van der Waals surface area contributed by atoms with Crippen LogP contribution in [-0.4, -0.2) is 43.7 Å². The van der Waals surface area contributed by atoms with Gasteiger partial charge in [-0.2, -0.15) is 0 Å². The van der Waals surface area contributed by atoms with Crippen molar-refractivity contribution >= 4 is 15.9 Å². The first-order valence-corrected chi connectivity index (χ1v) is 11.1. The third-order valence-corrected chi connectivity index (χ3v) is 7.37. The van der Waals surface area contributed by atoms with Gasteiger partial charge in [-0.1, -0.05) is 54.6 Å². The molecular weight excluding hydrogens is 380 g/mol. The van der Waals surface area contributed by atoms with Gasteiger partial charge in [0.1, 0.15) is 5.82 Å². The van der Waals surface area contributed by atoms with Crippen molar-refractivity contribution in [3.05, 3.63) is 77.6 Å². The molecule has 1 aliphatic rings. The van der Waals surface area contributed by atoms with Crippen LogP contribution in [0.1, 0.15) is 24.0 Å². The summed E-state index contributed by atoms with van der Waals surface area (Å²) in [6.07, 6.45) is 3.87. The summed E-state index contributed by atoms with van der Waals surface area (Å²) in [5.74, 6) is -0.711. The van der Waals surface area contributed by atoms with Crippen LogP contribution < -0.4 is 0 Å². The fourth-order valence-corrected chi connectivity index (χ4v) is 4.84. The lowest BCUT2D eigenvalue weighted by atomic mass is 10.1. The van der Waals surface area contributed by atoms with Gasteiger partial charge in [-0.3, -0.25) is 0 Å². The molecule has 0 bridgehead atoms. The van der Waals surface area contributed by atoms with Gasteiger partial charge < -0.3 is 4.90 Å². The first-order chi connectivity index (χ1) is 13.4. The Labute approximate surface area is 165 Å². The molecule has 0 spiro atoms. The molecule has 0 aliphatic carbocycles. The number of alkyl halides is 1. The zero-order valence-electron chi connectivity index (χ0n) is 15.7. The summed E-state index contributed by atoms with van der Waals surface area (Å²) in [5, 5.41) is -2.18. The van der Waals surface area contributed by atoms with Crippen LogP contribution in [0.4, 0.5) is 8.78 Å². The minimum atomic E-state index is -3.91. The molecule has 1 fully saturated rings. The lowest BCUT2D eigenvalue weighted by Crippen LogP contribution is -2.47. The van der Waals surface area contributed by atoms with E-state index in [2.05, 4.69) is 17.0 Å². The quantitative estimate of drug-likeness (QED) is 0.691. The van der Waals surface area contributed by atoms with Crippen molar-refractivity contribution in [2.24, 2.45) is 0 Å². The Bertz CT molecular complexity index is 888. The van der Waals surface area contributed by atoms with E-state index in [1.165, 1.54) is 23.8 Å². The summed E-state index contributed by atoms with van der Waals surface area (Å²) in [6.45, 7) is 1.67. The van der Waals surface area contributed by atoms with Crippen molar-refractivity contribution < 1.29 is 17.2 Å². The summed E-state index contributed by atoms with van der Waals surface area (Å²) in [7, 11) is -3.91. The van der Waals surface area contributed by atoms with E-state index >= 15 is 4.39 Å². The average Bonchev–Trinajstić information content (AvgIpc) is 2.70. The van der Waals surface area contributed by atoms with Gasteiger partial charge in [-0.05, 0) is 29.7 Å². The van der Waals surface area contributed by atoms with Crippen LogP contribution in [0.5, 0.6) is 0 Å². The number of hydrogen-bond acceptors (Lipinski definition) is 3. The zero-order chi connectivity index (χ0) is 20.0. The first-order valence-electron chi connectivity index (χ1n) is 9.48. The van der Waals surface area contributed by atoms with Gasteiger partial charge in [0.15, 0.2) is 9.84 Å². The van der Waals surface area contributed by atoms with Crippen molar-refractivity contribution in [1.29, 1.82) is 0 Å². The van der Waals surface area contributed by atoms with Crippen molar-refractivity contribution in [2.75, 3.05) is 25.4 Å². The van der Waals surface area contributed by atoms with E-state index in [0.717, 1.165) is 13.0 Å². The Hall–Kier alpha value is -2.05. The number of sulfone groups is 1. The van der Waals surface area contributed by atoms with Gasteiger partial charge in [0.05, 0.1) is 5.75 Å². The van der Waals surface area contributed by atoms with E-state index in [1.54, 1.807) is 18.2 Å². The fourth-order valence-electron chi connectivity index (χ4n) is 3.39. The molecular formula is C22H25F2NO2S. The molecule has 2 aromatic carbocycles. The van der Waals surface area contributed by atoms with E-state index in [1.807, 2.05) is 18.2 Å². The largest absolute Gasteiger partial charge is 0.303 e. The molecule has 0 N–H and O–H groups in total. The van der Waals surface area contributed by atoms with Gasteiger partial charge in [0, 0.05) is 32.5 Å². The summed E-state index contributed by atoms with van der Waals surface area (Å²) >= 11 is 0. The van der Waals surface area contributed by atoms with Gasteiger partial charge in [-0.25, -0.2) is 17.2 Å². The summed E-state index contributed by atoms with van der Waals surface area (Å²) in [4.78, 5) is 2.12. The second-order valence-electron chi connectivity index (χ2n) is 7.20. The van der Waals surface area contributed by atoms with E-state index in [-0.39, 0.29) is 24.4 Å². The lowest BCUT2D eigenvalue weighted by molar-refractivity contribution is 0.121. The highest BCUT2D eigenvalue weighted by Crippen LogP contribution is 2.33. The molecule has 0 saturated carbocycles. The summed E-state index contributed by atoms with van der Waals surface area (Å²) in [6, 6.07) is 15.8. The molecule has 0 radical (unpaired) electrons. The minimum Gasteiger partial charge on any atom is -0.303 e. The third-order valence-electron chi connectivity index (χ3n) is 5.22. The standard InChI is InChI=1S/C22H25F2NO2S/c23-21-10-8-20(9-11-21)7-4-18-28(26,27)22(24)13-16-25(17-14-22)15-12-19-5-2-1-3-6-19/h1-11H,12-18H2. The van der Waals surface area contributed by atoms with Crippen LogP contribution in [0.25, 0.3) is 6.08 Å². The number of benzene rings is 2. The van der Waals surface area contributed by atoms with Gasteiger partial charge in [0.2, 0.25) is 5.00 Å². The molecule has 0 unspecified atom stereocenters. The highest BCUT2D eigenvalue weighted by atomic mass is 32.2. The highest BCUT2D eigenvalue weighted by Gasteiger charge is 2.45. The average molecular weight is 406 g/mol. The van der Waals surface area contributed by atoms with Gasteiger partial charge in [-0.15, -0.1) is 0 Å². The second kappa shape index (κ2) is 8.97. The molecule has 0 atom stereocenters. The normalized spacial score (nSPS) is 17.8. The van der Waals surface area contributed by atoms with Gasteiger partial charge in [0.25, 0.3) is 0 Å². The molecule has 3 rings (SSSR count). The number of hydrogen-bond donors (Lipinski definition) is 0. The van der Waals surface area contributed by atoms with Crippen LogP contribution in [0.15, 0.2) is 60.7 Å². The van der Waals surface area contributed by atoms with E-state index in [9.17, 15) is 12.8 Å². The van der Waals surface area contributed by atoms with E-state index in [4.69, 9.17) is 0 Å². The SMILES string of the molecule is O=S(=O)(CC=Cc1ccc(F)cc1)C1(F)CCN(CCc2ccccc2)CC1. The highest BCUT2D eigenvalue weighted by molar-refractivity contribution is 7.92. The van der Waals surface area contributed by atoms with Crippen LogP contribution in [0.2, 0.25) is 0 Å². The Morgan fingerprint density at radius 2 is 1.64 bits per heavy atom. The van der Waals surface area contributed by atoms with Crippen molar-refractivity contribution in [3.63, 3.8) is 0 Å². The number of nitrogens with zero attached hydrogens (tertiary/aromatic N) is 1. The molecule has 0 aromatic heterocycles. The molecule has 0 amide bonds. The minimum absolute atomic E-state index is 0.00545. The number of rotatable bonds is 7. The van der Waals surface area contributed by atoms with Crippen LogP contribution in [-0.2, 0) is 16.3 Å². The topological polar surface area (TPSA) is 37.4 Å². The Morgan fingerprint density at radius 3 is 2.29 bits per heavy atom. The van der Waals surface area contributed by atoms with Crippen LogP contribution in [0, 0.1) is 5.82 Å². The number of piperidine rings is 1. The molecule has 150 valence electrons. The number of halogens is 2. The van der Waals surface area contributed by atoms with Crippen LogP contribution in [0.3, 0.4) is 0 Å². The zero-order valence-corrected chi connectivity index (χ0v) is 16.5. The summed E-state index contributed by atoms with van der Waals surface area (Å²) < 4.78 is 53.1. The Balaban J connectivity index is 1.52. The van der Waals surface area contributed by atoms with Crippen LogP contribution >= 0.6 is 0 Å². The van der Waals surface area contributed by atoms with E-state index in [0.29, 0.717) is 18.7 Å². The fraction of sp³-hybridized carbons (Fsp3) is 0.364. The third kappa shape index (κ3) is 5.26. The molecule has 28 heavy (non-hydrogen) atoms. The molecule has 3 nitrogen and oxygen atoms in total. The Kier molecular flexibility index (Phi) is 6.62.